The fourth-order valence-electron chi connectivity index (χ4n) is 1.67. The summed E-state index contributed by atoms with van der Waals surface area (Å²) in [5, 5.41) is 13.5. The molecular weight excluding hydrogens is 294 g/mol. The van der Waals surface area contributed by atoms with Crippen LogP contribution < -0.4 is 10.6 Å². The summed E-state index contributed by atoms with van der Waals surface area (Å²) in [6, 6.07) is 5.03. The first-order valence-corrected chi connectivity index (χ1v) is 6.88. The van der Waals surface area contributed by atoms with Crippen molar-refractivity contribution in [2.75, 3.05) is 11.9 Å². The largest absolute Gasteiger partial charge is 0.476 e. The predicted molar refractivity (Wildman–Crippen MR) is 78.7 cm³/mol. The molecule has 1 aromatic carbocycles. The molecule has 0 saturated heterocycles. The van der Waals surface area contributed by atoms with Gasteiger partial charge in [0.15, 0.2) is 0 Å². The fraction of sp³-hybridized carbons (Fsp3) is 0.333. The number of halogens is 2. The Morgan fingerprint density at radius 1 is 1.14 bits per heavy atom. The number of carboxylic acid groups (broad SMARTS) is 1. The second kappa shape index (κ2) is 9.49. The Morgan fingerprint density at radius 3 is 2.45 bits per heavy atom. The minimum atomic E-state index is -1.56. The van der Waals surface area contributed by atoms with Crippen LogP contribution in [0, 0.1) is 5.82 Å². The van der Waals surface area contributed by atoms with Crippen LogP contribution in [0.5, 0.6) is 0 Å². The van der Waals surface area contributed by atoms with Gasteiger partial charge in [0, 0.05) is 12.2 Å². The van der Waals surface area contributed by atoms with E-state index in [-0.39, 0.29) is 11.8 Å². The maximum atomic E-state index is 12.7. The van der Waals surface area contributed by atoms with Gasteiger partial charge in [-0.05, 0) is 49.6 Å². The van der Waals surface area contributed by atoms with Crippen LogP contribution >= 0.6 is 0 Å². The number of anilines is 1. The zero-order valence-corrected chi connectivity index (χ0v) is 11.9. The van der Waals surface area contributed by atoms with Gasteiger partial charge in [0.25, 0.3) is 0 Å². The number of amides is 2. The maximum Gasteiger partial charge on any atom is 0.364 e. The van der Waals surface area contributed by atoms with E-state index in [9.17, 15) is 18.4 Å². The minimum Gasteiger partial charge on any atom is -0.476 e. The highest BCUT2D eigenvalue weighted by atomic mass is 19.1. The standard InChI is InChI=1S/C15H18F2N2O3/c16-11-6-8-12(9-7-11)19-15(22)18-10-4-2-1-3-5-13(17)14(20)21/h5-9H,1-4,10H2,(H,20,21)(H2,18,19,22)/b13-5+. The van der Waals surface area contributed by atoms with Crippen LogP contribution in [0.3, 0.4) is 0 Å². The molecule has 0 spiro atoms. The van der Waals surface area contributed by atoms with E-state index in [0.29, 0.717) is 31.5 Å². The van der Waals surface area contributed by atoms with Crippen LogP contribution in [0.4, 0.5) is 19.3 Å². The van der Waals surface area contributed by atoms with E-state index in [1.54, 1.807) is 0 Å². The highest BCUT2D eigenvalue weighted by Crippen LogP contribution is 2.08. The quantitative estimate of drug-likeness (QED) is 0.508. The average Bonchev–Trinajstić information content (AvgIpc) is 2.48. The number of allylic oxidation sites excluding steroid dienone is 1. The molecule has 0 aliphatic heterocycles. The number of nitrogens with one attached hydrogen (secondary N) is 2. The molecule has 0 bridgehead atoms. The third kappa shape index (κ3) is 7.37. The van der Waals surface area contributed by atoms with Gasteiger partial charge in [-0.15, -0.1) is 0 Å². The van der Waals surface area contributed by atoms with Gasteiger partial charge in [-0.3, -0.25) is 0 Å². The number of hydrogen-bond donors (Lipinski definition) is 3. The Hall–Kier alpha value is -2.44. The lowest BCUT2D eigenvalue weighted by molar-refractivity contribution is -0.134. The molecular formula is C15H18F2N2O3. The van der Waals surface area contributed by atoms with E-state index in [4.69, 9.17) is 5.11 Å². The normalized spacial score (nSPS) is 11.1. The number of carbonyl (C=O) groups is 2. The van der Waals surface area contributed by atoms with Gasteiger partial charge in [0.05, 0.1) is 0 Å². The lowest BCUT2D eigenvalue weighted by Crippen LogP contribution is -2.29. The molecule has 0 fully saturated rings. The summed E-state index contributed by atoms with van der Waals surface area (Å²) in [7, 11) is 0. The van der Waals surface area contributed by atoms with Gasteiger partial charge in [-0.25, -0.2) is 14.0 Å². The lowest BCUT2D eigenvalue weighted by atomic mass is 10.2. The molecule has 2 amide bonds. The first kappa shape index (κ1) is 17.6. The molecule has 120 valence electrons. The van der Waals surface area contributed by atoms with E-state index in [1.165, 1.54) is 24.3 Å². The van der Waals surface area contributed by atoms with E-state index in [1.807, 2.05) is 0 Å². The second-order valence-corrected chi connectivity index (χ2v) is 4.59. The lowest BCUT2D eigenvalue weighted by Gasteiger charge is -2.07. The second-order valence-electron chi connectivity index (χ2n) is 4.59. The van der Waals surface area contributed by atoms with Crippen molar-refractivity contribution < 1.29 is 23.5 Å². The SMILES string of the molecule is O=C(NCCCCC/C=C(/F)C(=O)O)Nc1ccc(F)cc1. The van der Waals surface area contributed by atoms with Crippen LogP contribution in [0.1, 0.15) is 25.7 Å². The topological polar surface area (TPSA) is 78.4 Å². The Balaban J connectivity index is 2.09. The van der Waals surface area contributed by atoms with Crippen LogP contribution in [0.15, 0.2) is 36.2 Å². The molecule has 0 atom stereocenters. The molecule has 0 aliphatic carbocycles. The molecule has 5 nitrogen and oxygen atoms in total. The van der Waals surface area contributed by atoms with E-state index >= 15 is 0 Å². The highest BCUT2D eigenvalue weighted by molar-refractivity contribution is 5.89. The van der Waals surface area contributed by atoms with Crippen LogP contribution in [-0.2, 0) is 4.79 Å². The number of benzene rings is 1. The molecule has 0 aliphatic rings. The number of carbonyl (C=O) groups excluding carboxylic acids is 1. The average molecular weight is 312 g/mol. The Labute approximate surface area is 127 Å². The van der Waals surface area contributed by atoms with Crippen molar-refractivity contribution >= 4 is 17.7 Å². The maximum absolute atomic E-state index is 12.7. The molecule has 7 heteroatoms. The van der Waals surface area contributed by atoms with Crippen LogP contribution in [0.25, 0.3) is 0 Å². The first-order chi connectivity index (χ1) is 10.5. The highest BCUT2D eigenvalue weighted by Gasteiger charge is 2.03. The van der Waals surface area contributed by atoms with Crippen molar-refractivity contribution in [1.82, 2.24) is 5.32 Å². The molecule has 3 N–H and O–H groups in total. The Bertz CT molecular complexity index is 530. The summed E-state index contributed by atoms with van der Waals surface area (Å²) in [6.45, 7) is 0.443. The summed E-state index contributed by atoms with van der Waals surface area (Å²) >= 11 is 0. The first-order valence-electron chi connectivity index (χ1n) is 6.88. The van der Waals surface area contributed by atoms with Gasteiger partial charge in [-0.1, -0.05) is 6.42 Å². The molecule has 0 radical (unpaired) electrons. The monoisotopic (exact) mass is 312 g/mol. The van der Waals surface area contributed by atoms with Gasteiger partial charge in [0.1, 0.15) is 5.82 Å². The van der Waals surface area contributed by atoms with Crippen LogP contribution in [0.2, 0.25) is 0 Å². The number of unbranched alkanes of at least 4 members (excludes halogenated alkanes) is 3. The summed E-state index contributed by atoms with van der Waals surface area (Å²) in [6.07, 6.45) is 3.46. The van der Waals surface area contributed by atoms with Crippen molar-refractivity contribution in [2.24, 2.45) is 0 Å². The van der Waals surface area contributed by atoms with Gasteiger partial charge >= 0.3 is 12.0 Å². The summed E-state index contributed by atoms with van der Waals surface area (Å²) in [5.41, 5.74) is 0.494. The Kier molecular flexibility index (Phi) is 7.60. The smallest absolute Gasteiger partial charge is 0.364 e. The minimum absolute atomic E-state index is 0.347. The summed E-state index contributed by atoms with van der Waals surface area (Å²) in [4.78, 5) is 21.7. The molecule has 0 unspecified atom stereocenters. The number of rotatable bonds is 8. The predicted octanol–water partition coefficient (Wildman–Crippen LogP) is 3.45. The fourth-order valence-corrected chi connectivity index (χ4v) is 1.67. The number of urea groups is 1. The molecule has 0 aromatic heterocycles. The van der Waals surface area contributed by atoms with Crippen molar-refractivity contribution in [3.63, 3.8) is 0 Å². The van der Waals surface area contributed by atoms with Crippen molar-refractivity contribution in [3.05, 3.63) is 42.0 Å². The number of carboxylic acids is 1. The summed E-state index contributed by atoms with van der Waals surface area (Å²) in [5.74, 6) is -3.07. The summed E-state index contributed by atoms with van der Waals surface area (Å²) < 4.78 is 25.3. The van der Waals surface area contributed by atoms with Crippen LogP contribution in [-0.4, -0.2) is 23.7 Å². The van der Waals surface area contributed by atoms with Crippen molar-refractivity contribution in [3.8, 4) is 0 Å². The van der Waals surface area contributed by atoms with Gasteiger partial charge in [-0.2, -0.15) is 4.39 Å². The number of aliphatic carboxylic acids is 1. The van der Waals surface area contributed by atoms with E-state index in [0.717, 1.165) is 12.5 Å². The number of hydrogen-bond acceptors (Lipinski definition) is 2. The zero-order chi connectivity index (χ0) is 16.4. The Morgan fingerprint density at radius 2 is 1.82 bits per heavy atom. The van der Waals surface area contributed by atoms with Crippen molar-refractivity contribution in [2.45, 2.75) is 25.7 Å². The molecule has 1 aromatic rings. The molecule has 0 saturated carbocycles. The molecule has 22 heavy (non-hydrogen) atoms. The third-order valence-electron chi connectivity index (χ3n) is 2.80. The molecule has 0 heterocycles. The van der Waals surface area contributed by atoms with E-state index in [2.05, 4.69) is 10.6 Å². The van der Waals surface area contributed by atoms with E-state index < -0.39 is 11.8 Å². The third-order valence-corrected chi connectivity index (χ3v) is 2.80. The zero-order valence-electron chi connectivity index (χ0n) is 11.9. The molecule has 1 rings (SSSR count). The van der Waals surface area contributed by atoms with Gasteiger partial charge in [0.2, 0.25) is 5.83 Å². The van der Waals surface area contributed by atoms with Crippen molar-refractivity contribution in [1.29, 1.82) is 0 Å². The van der Waals surface area contributed by atoms with Gasteiger partial charge < -0.3 is 15.7 Å².